The lowest BCUT2D eigenvalue weighted by atomic mass is 9.80. The lowest BCUT2D eigenvalue weighted by Crippen LogP contribution is -2.29. The van der Waals surface area contributed by atoms with Gasteiger partial charge in [0.25, 0.3) is 0 Å². The van der Waals surface area contributed by atoms with E-state index in [1.165, 1.54) is 12.1 Å². The van der Waals surface area contributed by atoms with Gasteiger partial charge in [0, 0.05) is 50.9 Å². The maximum Gasteiger partial charge on any atom is 0.416 e. The Kier molecular flexibility index (Phi) is 3.81. The van der Waals surface area contributed by atoms with Crippen molar-refractivity contribution in [2.75, 3.05) is 11.9 Å². The molecule has 3 heterocycles. The number of aromatic nitrogens is 1. The van der Waals surface area contributed by atoms with Crippen molar-refractivity contribution in [3.8, 4) is 0 Å². The van der Waals surface area contributed by atoms with Gasteiger partial charge in [0.2, 0.25) is 0 Å². The highest BCUT2D eigenvalue weighted by Crippen LogP contribution is 2.51. The molecule has 2 N–H and O–H groups in total. The minimum absolute atomic E-state index is 0.0233. The average Bonchev–Trinajstić information content (AvgIpc) is 3.27. The van der Waals surface area contributed by atoms with Gasteiger partial charge < -0.3 is 15.0 Å². The third-order valence-corrected chi connectivity index (χ3v) is 6.07. The predicted molar refractivity (Wildman–Crippen MR) is 101 cm³/mol. The van der Waals surface area contributed by atoms with E-state index in [1.54, 1.807) is 0 Å². The molecule has 3 atom stereocenters. The monoisotopic (exact) mass is 436 g/mol. The summed E-state index contributed by atoms with van der Waals surface area (Å²) < 4.78 is 46.3. The van der Waals surface area contributed by atoms with E-state index in [0.29, 0.717) is 17.9 Å². The summed E-state index contributed by atoms with van der Waals surface area (Å²) in [6, 6.07) is 9.91. The highest BCUT2D eigenvalue weighted by Gasteiger charge is 2.43. The Morgan fingerprint density at radius 2 is 1.93 bits per heavy atom. The first-order valence-electron chi connectivity index (χ1n) is 8.77. The molecule has 0 radical (unpaired) electrons. The number of nitrogens with one attached hydrogen (secondary N) is 2. The summed E-state index contributed by atoms with van der Waals surface area (Å²) in [7, 11) is 0. The second-order valence-electron chi connectivity index (χ2n) is 7.10. The van der Waals surface area contributed by atoms with Crippen LogP contribution in [0.1, 0.15) is 35.3 Å². The molecule has 27 heavy (non-hydrogen) atoms. The third kappa shape index (κ3) is 2.75. The van der Waals surface area contributed by atoms with Crippen LogP contribution in [0.3, 0.4) is 0 Å². The van der Waals surface area contributed by atoms with Crippen LogP contribution in [0.4, 0.5) is 18.9 Å². The molecule has 2 aliphatic heterocycles. The SMILES string of the molecule is FC(F)(F)c1ccc2c(c1)C1OCCC1C(c1c[nH]c3ccc(Br)cc13)N2. The zero-order valence-corrected chi connectivity index (χ0v) is 15.7. The Labute approximate surface area is 162 Å². The molecule has 3 nitrogen and oxygen atoms in total. The highest BCUT2D eigenvalue weighted by molar-refractivity contribution is 9.10. The molecule has 1 fully saturated rings. The van der Waals surface area contributed by atoms with E-state index in [9.17, 15) is 13.2 Å². The van der Waals surface area contributed by atoms with Crippen molar-refractivity contribution in [3.63, 3.8) is 0 Å². The number of rotatable bonds is 1. The first-order valence-corrected chi connectivity index (χ1v) is 9.57. The number of hydrogen-bond acceptors (Lipinski definition) is 2. The van der Waals surface area contributed by atoms with E-state index < -0.39 is 11.7 Å². The van der Waals surface area contributed by atoms with Gasteiger partial charge in [-0.3, -0.25) is 0 Å². The predicted octanol–water partition coefficient (Wildman–Crippen LogP) is 6.19. The van der Waals surface area contributed by atoms with Crippen molar-refractivity contribution in [3.05, 3.63) is 63.8 Å². The molecule has 2 aliphatic rings. The number of H-pyrrole nitrogens is 1. The van der Waals surface area contributed by atoms with Crippen LogP contribution in [0.2, 0.25) is 0 Å². The quantitative estimate of drug-likeness (QED) is 0.476. The van der Waals surface area contributed by atoms with Crippen molar-refractivity contribution in [2.45, 2.75) is 24.7 Å². The summed E-state index contributed by atoms with van der Waals surface area (Å²) in [5, 5.41) is 4.58. The summed E-state index contributed by atoms with van der Waals surface area (Å²) in [5.41, 5.74) is 2.82. The molecular weight excluding hydrogens is 421 g/mol. The average molecular weight is 437 g/mol. The van der Waals surface area contributed by atoms with Crippen LogP contribution in [-0.4, -0.2) is 11.6 Å². The molecule has 0 spiro atoms. The number of hydrogen-bond donors (Lipinski definition) is 2. The fraction of sp³-hybridized carbons (Fsp3) is 0.300. The number of ether oxygens (including phenoxy) is 1. The van der Waals surface area contributed by atoms with Crippen molar-refractivity contribution in [2.24, 2.45) is 5.92 Å². The van der Waals surface area contributed by atoms with E-state index >= 15 is 0 Å². The van der Waals surface area contributed by atoms with Gasteiger partial charge >= 0.3 is 6.18 Å². The molecule has 7 heteroatoms. The number of alkyl halides is 3. The standard InChI is InChI=1S/C20H16BrF3N2O/c21-11-2-4-16-13(8-11)15(9-25-16)18-12-5-6-27-19(12)14-7-10(20(22,23)24)1-3-17(14)26-18/h1-4,7-9,12,18-19,25-26H,5-6H2. The summed E-state index contributed by atoms with van der Waals surface area (Å²) >= 11 is 3.52. The molecule has 0 amide bonds. The van der Waals surface area contributed by atoms with Crippen LogP contribution >= 0.6 is 15.9 Å². The van der Waals surface area contributed by atoms with E-state index in [0.717, 1.165) is 33.4 Å². The number of aromatic amines is 1. The lowest BCUT2D eigenvalue weighted by Gasteiger charge is -2.36. The van der Waals surface area contributed by atoms with Gasteiger partial charge in [-0.15, -0.1) is 0 Å². The van der Waals surface area contributed by atoms with E-state index in [-0.39, 0.29) is 18.1 Å². The minimum atomic E-state index is -4.36. The second-order valence-corrected chi connectivity index (χ2v) is 8.02. The Bertz CT molecular complexity index is 1030. The van der Waals surface area contributed by atoms with Crippen LogP contribution in [0.5, 0.6) is 0 Å². The van der Waals surface area contributed by atoms with E-state index in [4.69, 9.17) is 4.74 Å². The summed E-state index contributed by atoms with van der Waals surface area (Å²) in [4.78, 5) is 3.30. The maximum absolute atomic E-state index is 13.1. The van der Waals surface area contributed by atoms with Crippen molar-refractivity contribution < 1.29 is 17.9 Å². The van der Waals surface area contributed by atoms with Gasteiger partial charge in [0.15, 0.2) is 0 Å². The molecule has 3 unspecified atom stereocenters. The van der Waals surface area contributed by atoms with E-state index in [1.807, 2.05) is 18.3 Å². The number of fused-ring (bicyclic) bond motifs is 4. The van der Waals surface area contributed by atoms with Crippen LogP contribution in [-0.2, 0) is 10.9 Å². The van der Waals surface area contributed by atoms with Gasteiger partial charge in [0.1, 0.15) is 0 Å². The van der Waals surface area contributed by atoms with Gasteiger partial charge in [0.05, 0.1) is 17.7 Å². The van der Waals surface area contributed by atoms with Gasteiger partial charge in [-0.25, -0.2) is 0 Å². The fourth-order valence-corrected chi connectivity index (χ4v) is 4.69. The summed E-state index contributed by atoms with van der Waals surface area (Å²) in [6.07, 6.45) is -1.90. The summed E-state index contributed by atoms with van der Waals surface area (Å²) in [5.74, 6) is 0.0824. The Morgan fingerprint density at radius 3 is 2.74 bits per heavy atom. The molecule has 0 saturated carbocycles. The molecule has 0 aliphatic carbocycles. The van der Waals surface area contributed by atoms with Gasteiger partial charge in [-0.1, -0.05) is 15.9 Å². The molecule has 0 bridgehead atoms. The fourth-order valence-electron chi connectivity index (χ4n) is 4.33. The molecular formula is C20H16BrF3N2O. The topological polar surface area (TPSA) is 37.0 Å². The van der Waals surface area contributed by atoms with Gasteiger partial charge in [-0.05, 0) is 42.8 Å². The zero-order chi connectivity index (χ0) is 18.8. The molecule has 2 aromatic carbocycles. The molecule has 1 aromatic heterocycles. The largest absolute Gasteiger partial charge is 0.416 e. The normalized spacial score (nSPS) is 24.5. The maximum atomic E-state index is 13.1. The van der Waals surface area contributed by atoms with Crippen molar-refractivity contribution in [1.82, 2.24) is 4.98 Å². The molecule has 3 aromatic rings. The molecule has 1 saturated heterocycles. The second kappa shape index (κ2) is 6.01. The first-order chi connectivity index (χ1) is 12.9. The number of anilines is 1. The van der Waals surface area contributed by atoms with Crippen molar-refractivity contribution in [1.29, 1.82) is 0 Å². The van der Waals surface area contributed by atoms with Crippen LogP contribution in [0.15, 0.2) is 47.1 Å². The minimum Gasteiger partial charge on any atom is -0.377 e. The van der Waals surface area contributed by atoms with Crippen LogP contribution in [0, 0.1) is 5.92 Å². The third-order valence-electron chi connectivity index (χ3n) is 5.57. The molecule has 5 rings (SSSR count). The first kappa shape index (κ1) is 17.1. The number of benzene rings is 2. The Balaban J connectivity index is 1.61. The zero-order valence-electron chi connectivity index (χ0n) is 14.1. The molecule has 140 valence electrons. The van der Waals surface area contributed by atoms with Crippen molar-refractivity contribution >= 4 is 32.5 Å². The number of halogens is 4. The highest BCUT2D eigenvalue weighted by atomic mass is 79.9. The Hall–Kier alpha value is -1.99. The van der Waals surface area contributed by atoms with Gasteiger partial charge in [-0.2, -0.15) is 13.2 Å². The van der Waals surface area contributed by atoms with Crippen LogP contribution in [0.25, 0.3) is 10.9 Å². The van der Waals surface area contributed by atoms with Crippen LogP contribution < -0.4 is 5.32 Å². The smallest absolute Gasteiger partial charge is 0.377 e. The Morgan fingerprint density at radius 1 is 1.07 bits per heavy atom. The van der Waals surface area contributed by atoms with E-state index in [2.05, 4.69) is 32.3 Å². The lowest BCUT2D eigenvalue weighted by molar-refractivity contribution is -0.137. The summed E-state index contributed by atoms with van der Waals surface area (Å²) in [6.45, 7) is 0.551.